The number of methoxy groups -OCH3 is 1. The van der Waals surface area contributed by atoms with Crippen molar-refractivity contribution >= 4 is 39.4 Å². The van der Waals surface area contributed by atoms with Crippen molar-refractivity contribution in [3.63, 3.8) is 0 Å². The van der Waals surface area contributed by atoms with Gasteiger partial charge in [-0.1, -0.05) is 24.3 Å². The Bertz CT molecular complexity index is 1110. The van der Waals surface area contributed by atoms with E-state index in [9.17, 15) is 22.8 Å². The van der Waals surface area contributed by atoms with Crippen LogP contribution in [0.15, 0.2) is 59.5 Å². The second-order valence-corrected chi connectivity index (χ2v) is 8.75. The number of sulfone groups is 1. The molecule has 0 aliphatic carbocycles. The molecule has 0 aliphatic rings. The van der Waals surface area contributed by atoms with Gasteiger partial charge in [-0.2, -0.15) is 0 Å². The van der Waals surface area contributed by atoms with Crippen molar-refractivity contribution in [3.8, 4) is 5.75 Å². The highest BCUT2D eigenvalue weighted by atomic mass is 32.2. The third-order valence-corrected chi connectivity index (χ3v) is 5.32. The predicted molar refractivity (Wildman–Crippen MR) is 119 cm³/mol. The summed E-state index contributed by atoms with van der Waals surface area (Å²) in [4.78, 5) is 36.1. The molecule has 0 aromatic heterocycles. The normalized spacial score (nSPS) is 12.1. The van der Waals surface area contributed by atoms with Gasteiger partial charge in [0.05, 0.1) is 17.7 Å². The van der Waals surface area contributed by atoms with Gasteiger partial charge in [0.1, 0.15) is 11.8 Å². The van der Waals surface area contributed by atoms with E-state index >= 15 is 0 Å². The molecule has 0 fully saturated rings. The molecule has 10 heteroatoms. The van der Waals surface area contributed by atoms with Gasteiger partial charge < -0.3 is 20.1 Å². The monoisotopic (exact) mass is 460 g/mol. The molecule has 0 saturated carbocycles. The third kappa shape index (κ3) is 7.55. The maximum atomic E-state index is 12.1. The lowest BCUT2D eigenvalue weighted by molar-refractivity contribution is -0.149. The number of amides is 2. The number of anilines is 1. The lowest BCUT2D eigenvalue weighted by atomic mass is 10.2. The van der Waals surface area contributed by atoms with Crippen LogP contribution in [0.4, 0.5) is 5.69 Å². The third-order valence-electron chi connectivity index (χ3n) is 4.16. The van der Waals surface area contributed by atoms with Gasteiger partial charge in [0.15, 0.2) is 16.4 Å². The first-order chi connectivity index (χ1) is 15.1. The summed E-state index contributed by atoms with van der Waals surface area (Å²) in [6, 6.07) is 11.9. The van der Waals surface area contributed by atoms with Crippen LogP contribution in [-0.4, -0.2) is 52.2 Å². The molecular formula is C22H24N2O7S. The Labute approximate surface area is 186 Å². The zero-order chi connectivity index (χ0) is 23.7. The van der Waals surface area contributed by atoms with Crippen LogP contribution in [-0.2, 0) is 29.0 Å². The highest BCUT2D eigenvalue weighted by Gasteiger charge is 2.19. The van der Waals surface area contributed by atoms with Crippen molar-refractivity contribution in [2.24, 2.45) is 0 Å². The highest BCUT2D eigenvalue weighted by Crippen LogP contribution is 2.20. The van der Waals surface area contributed by atoms with Crippen LogP contribution < -0.4 is 15.4 Å². The summed E-state index contributed by atoms with van der Waals surface area (Å²) in [6.07, 6.45) is 3.85. The fourth-order valence-electron chi connectivity index (χ4n) is 2.55. The van der Waals surface area contributed by atoms with Crippen LogP contribution in [0.1, 0.15) is 12.5 Å². The number of nitrogens with one attached hydrogen (secondary N) is 2. The molecule has 2 N–H and O–H groups in total. The fourth-order valence-corrected chi connectivity index (χ4v) is 3.39. The lowest BCUT2D eigenvalue weighted by Crippen LogP contribution is -2.39. The van der Waals surface area contributed by atoms with E-state index in [1.165, 1.54) is 31.2 Å². The van der Waals surface area contributed by atoms with E-state index in [0.29, 0.717) is 5.75 Å². The lowest BCUT2D eigenvalue weighted by Gasteiger charge is -2.13. The number of carbonyl (C=O) groups excluding carboxylic acids is 3. The van der Waals surface area contributed by atoms with Crippen molar-refractivity contribution in [1.82, 2.24) is 5.32 Å². The maximum absolute atomic E-state index is 12.1. The van der Waals surface area contributed by atoms with Gasteiger partial charge in [-0.05, 0) is 42.8 Å². The highest BCUT2D eigenvalue weighted by molar-refractivity contribution is 7.90. The number of rotatable bonds is 9. The number of para-hydroxylation sites is 1. The summed E-state index contributed by atoms with van der Waals surface area (Å²) in [5.74, 6) is -1.36. The largest absolute Gasteiger partial charge is 0.497 e. The standard InChI is InChI=1S/C22H24N2O7S/c1-15(23-20(25)13-10-16-8-11-17(30-2)12-9-16)22(27)31-14-21(26)24-18-6-4-5-7-19(18)32(3,28)29/h4-13,15H,14H2,1-3H3,(H,23,25)(H,24,26)/b13-10+/t15-/m0/s1. The molecule has 1 atom stereocenters. The minimum absolute atomic E-state index is 0.0519. The SMILES string of the molecule is COc1ccc(/C=C/C(=O)N[C@@H](C)C(=O)OCC(=O)Nc2ccccc2S(C)(=O)=O)cc1. The van der Waals surface area contributed by atoms with E-state index in [1.54, 1.807) is 43.5 Å². The van der Waals surface area contributed by atoms with Gasteiger partial charge >= 0.3 is 5.97 Å². The van der Waals surface area contributed by atoms with Gasteiger partial charge in [0.25, 0.3) is 5.91 Å². The van der Waals surface area contributed by atoms with E-state index in [0.717, 1.165) is 11.8 Å². The van der Waals surface area contributed by atoms with E-state index in [4.69, 9.17) is 9.47 Å². The smallest absolute Gasteiger partial charge is 0.328 e. The van der Waals surface area contributed by atoms with Gasteiger partial charge in [-0.3, -0.25) is 9.59 Å². The van der Waals surface area contributed by atoms with Crippen molar-refractivity contribution in [1.29, 1.82) is 0 Å². The molecule has 9 nitrogen and oxygen atoms in total. The molecule has 0 heterocycles. The van der Waals surface area contributed by atoms with E-state index in [-0.39, 0.29) is 10.6 Å². The first kappa shape index (κ1) is 24.6. The number of esters is 1. The molecule has 2 aromatic rings. The molecule has 2 amide bonds. The van der Waals surface area contributed by atoms with Crippen LogP contribution in [0.2, 0.25) is 0 Å². The van der Waals surface area contributed by atoms with Crippen molar-refractivity contribution in [2.45, 2.75) is 17.9 Å². The Morgan fingerprint density at radius 1 is 1.06 bits per heavy atom. The number of carbonyl (C=O) groups is 3. The molecule has 2 aromatic carbocycles. The van der Waals surface area contributed by atoms with E-state index in [2.05, 4.69) is 10.6 Å². The van der Waals surface area contributed by atoms with E-state index < -0.39 is 40.3 Å². The molecule has 0 saturated heterocycles. The van der Waals surface area contributed by atoms with Crippen LogP contribution in [0.3, 0.4) is 0 Å². The Hall–Kier alpha value is -3.66. The summed E-state index contributed by atoms with van der Waals surface area (Å²) < 4.78 is 33.5. The van der Waals surface area contributed by atoms with Gasteiger partial charge in [0, 0.05) is 12.3 Å². The summed E-state index contributed by atoms with van der Waals surface area (Å²) in [6.45, 7) is 0.775. The van der Waals surface area contributed by atoms with Crippen LogP contribution in [0.5, 0.6) is 5.75 Å². The van der Waals surface area contributed by atoms with Gasteiger partial charge in [-0.15, -0.1) is 0 Å². The molecule has 0 radical (unpaired) electrons. The maximum Gasteiger partial charge on any atom is 0.328 e. The first-order valence-electron chi connectivity index (χ1n) is 9.48. The molecular weight excluding hydrogens is 436 g/mol. The van der Waals surface area contributed by atoms with Crippen LogP contribution >= 0.6 is 0 Å². The Balaban J connectivity index is 1.84. The zero-order valence-corrected chi connectivity index (χ0v) is 18.6. The van der Waals surface area contributed by atoms with Crippen molar-refractivity contribution in [3.05, 3.63) is 60.2 Å². The Morgan fingerprint density at radius 3 is 2.34 bits per heavy atom. The predicted octanol–water partition coefficient (Wildman–Crippen LogP) is 1.80. The number of hydrogen-bond acceptors (Lipinski definition) is 7. The van der Waals surface area contributed by atoms with Crippen LogP contribution in [0.25, 0.3) is 6.08 Å². The number of hydrogen-bond donors (Lipinski definition) is 2. The summed E-state index contributed by atoms with van der Waals surface area (Å²) in [7, 11) is -2.00. The molecule has 32 heavy (non-hydrogen) atoms. The van der Waals surface area contributed by atoms with Crippen molar-refractivity contribution in [2.75, 3.05) is 25.3 Å². The number of benzene rings is 2. The minimum Gasteiger partial charge on any atom is -0.497 e. The molecule has 2 rings (SSSR count). The van der Waals surface area contributed by atoms with Gasteiger partial charge in [0.2, 0.25) is 5.91 Å². The molecule has 0 aliphatic heterocycles. The van der Waals surface area contributed by atoms with E-state index in [1.807, 2.05) is 0 Å². The summed E-state index contributed by atoms with van der Waals surface area (Å²) >= 11 is 0. The summed E-state index contributed by atoms with van der Waals surface area (Å²) in [5, 5.41) is 4.83. The van der Waals surface area contributed by atoms with Gasteiger partial charge in [-0.25, -0.2) is 13.2 Å². The molecule has 170 valence electrons. The van der Waals surface area contributed by atoms with Crippen molar-refractivity contribution < 1.29 is 32.3 Å². The number of ether oxygens (including phenoxy) is 2. The second-order valence-electron chi connectivity index (χ2n) is 6.76. The Morgan fingerprint density at radius 2 is 1.72 bits per heavy atom. The zero-order valence-electron chi connectivity index (χ0n) is 17.8. The Kier molecular flexibility index (Phi) is 8.54. The first-order valence-corrected chi connectivity index (χ1v) is 11.4. The summed E-state index contributed by atoms with van der Waals surface area (Å²) in [5.41, 5.74) is 0.850. The average molecular weight is 461 g/mol. The average Bonchev–Trinajstić information content (AvgIpc) is 2.76. The fraction of sp³-hybridized carbons (Fsp3) is 0.227. The molecule has 0 unspecified atom stereocenters. The molecule has 0 bridgehead atoms. The topological polar surface area (TPSA) is 128 Å². The minimum atomic E-state index is -3.55. The molecule has 0 spiro atoms. The second kappa shape index (κ2) is 11.1. The quantitative estimate of drug-likeness (QED) is 0.431. The van der Waals surface area contributed by atoms with Crippen LogP contribution in [0, 0.1) is 0 Å².